The Kier molecular flexibility index (Phi) is 6.70. The van der Waals surface area contributed by atoms with Crippen molar-refractivity contribution in [3.8, 4) is 5.69 Å². The molecule has 2 aromatic heterocycles. The highest BCUT2D eigenvalue weighted by atomic mass is 35.5. The van der Waals surface area contributed by atoms with Gasteiger partial charge in [0.05, 0.1) is 36.3 Å². The van der Waals surface area contributed by atoms with E-state index in [1.165, 1.54) is 22.6 Å². The van der Waals surface area contributed by atoms with E-state index >= 15 is 0 Å². The summed E-state index contributed by atoms with van der Waals surface area (Å²) in [5.41, 5.74) is 1.03. The van der Waals surface area contributed by atoms with E-state index < -0.39 is 17.2 Å². The first-order chi connectivity index (χ1) is 16.3. The summed E-state index contributed by atoms with van der Waals surface area (Å²) in [6.45, 7) is 4.52. The van der Waals surface area contributed by atoms with Crippen LogP contribution in [0.2, 0.25) is 5.02 Å². The lowest BCUT2D eigenvalue weighted by atomic mass is 10.1. The molecule has 0 fully saturated rings. The Morgan fingerprint density at radius 1 is 1.09 bits per heavy atom. The number of nitrogens with zero attached hydrogens (tertiary/aromatic N) is 4. The van der Waals surface area contributed by atoms with E-state index in [4.69, 9.17) is 16.3 Å². The predicted octanol–water partition coefficient (Wildman–Crippen LogP) is 3.88. The molecule has 4 aromatic rings. The minimum Gasteiger partial charge on any atom is -0.465 e. The Balaban J connectivity index is 1.97. The number of para-hydroxylation sites is 1. The normalized spacial score (nSPS) is 11.3. The molecule has 34 heavy (non-hydrogen) atoms. The van der Waals surface area contributed by atoms with Crippen LogP contribution in [-0.2, 0) is 17.8 Å². The molecule has 0 aliphatic heterocycles. The SMILES string of the molecule is COC(=O)c1ccccc1Cn1cnc2c1c(=O)n(CCC(C)C)c(=O)n2-c1ccccc1Cl. The third-order valence-corrected chi connectivity index (χ3v) is 6.01. The zero-order valence-electron chi connectivity index (χ0n) is 19.2. The summed E-state index contributed by atoms with van der Waals surface area (Å²) >= 11 is 6.43. The molecular weight excluding hydrogens is 456 g/mol. The van der Waals surface area contributed by atoms with Crippen molar-refractivity contribution < 1.29 is 9.53 Å². The van der Waals surface area contributed by atoms with Crippen LogP contribution in [0.15, 0.2) is 64.4 Å². The van der Waals surface area contributed by atoms with Crippen LogP contribution < -0.4 is 11.2 Å². The van der Waals surface area contributed by atoms with Crippen molar-refractivity contribution in [3.63, 3.8) is 0 Å². The van der Waals surface area contributed by atoms with E-state index in [1.54, 1.807) is 47.0 Å². The number of benzene rings is 2. The number of hydrogen-bond donors (Lipinski definition) is 0. The molecule has 2 aromatic carbocycles. The van der Waals surface area contributed by atoms with Gasteiger partial charge in [-0.05, 0) is 36.1 Å². The fourth-order valence-corrected chi connectivity index (χ4v) is 4.11. The number of methoxy groups -OCH3 is 1. The number of hydrogen-bond acceptors (Lipinski definition) is 5. The first-order valence-corrected chi connectivity index (χ1v) is 11.3. The number of aromatic nitrogens is 4. The summed E-state index contributed by atoms with van der Waals surface area (Å²) in [7, 11) is 1.32. The molecule has 0 radical (unpaired) electrons. The Labute approximate surface area is 201 Å². The van der Waals surface area contributed by atoms with Crippen LogP contribution in [0, 0.1) is 5.92 Å². The highest BCUT2D eigenvalue weighted by Crippen LogP contribution is 2.22. The number of ether oxygens (including phenoxy) is 1. The molecule has 0 unspecified atom stereocenters. The van der Waals surface area contributed by atoms with Crippen LogP contribution in [-0.4, -0.2) is 31.8 Å². The molecule has 9 heteroatoms. The maximum Gasteiger partial charge on any atom is 0.338 e. The second-order valence-corrected chi connectivity index (χ2v) is 8.81. The summed E-state index contributed by atoms with van der Waals surface area (Å²) in [5.74, 6) is -0.171. The maximum atomic E-state index is 13.5. The highest BCUT2D eigenvalue weighted by molar-refractivity contribution is 6.32. The van der Waals surface area contributed by atoms with E-state index in [0.29, 0.717) is 34.2 Å². The molecule has 176 valence electrons. The van der Waals surface area contributed by atoms with E-state index in [-0.39, 0.29) is 24.3 Å². The van der Waals surface area contributed by atoms with E-state index in [9.17, 15) is 14.4 Å². The lowest BCUT2D eigenvalue weighted by Crippen LogP contribution is -2.40. The van der Waals surface area contributed by atoms with Gasteiger partial charge in [0.2, 0.25) is 0 Å². The third kappa shape index (κ3) is 4.28. The second-order valence-electron chi connectivity index (χ2n) is 8.40. The maximum absolute atomic E-state index is 13.5. The monoisotopic (exact) mass is 480 g/mol. The summed E-state index contributed by atoms with van der Waals surface area (Å²) < 4.78 is 9.16. The van der Waals surface area contributed by atoms with Gasteiger partial charge in [-0.15, -0.1) is 0 Å². The van der Waals surface area contributed by atoms with Crippen LogP contribution >= 0.6 is 11.6 Å². The molecule has 0 saturated heterocycles. The molecule has 8 nitrogen and oxygen atoms in total. The number of carbonyl (C=O) groups is 1. The quantitative estimate of drug-likeness (QED) is 0.374. The van der Waals surface area contributed by atoms with Crippen molar-refractivity contribution in [2.75, 3.05) is 7.11 Å². The standard InChI is InChI=1S/C25H25ClN4O4/c1-16(2)12-13-29-23(31)21-22(30(25(29)33)20-11-7-6-10-19(20)26)27-15-28(21)14-17-8-4-5-9-18(17)24(32)34-3/h4-11,15-16H,12-14H2,1-3H3. The Hall–Kier alpha value is -3.65. The lowest BCUT2D eigenvalue weighted by Gasteiger charge is -2.15. The number of rotatable bonds is 7. The van der Waals surface area contributed by atoms with Crippen molar-refractivity contribution in [2.45, 2.75) is 33.4 Å². The third-order valence-electron chi connectivity index (χ3n) is 5.69. The molecule has 0 spiro atoms. The fourth-order valence-electron chi connectivity index (χ4n) is 3.89. The minimum atomic E-state index is -0.494. The van der Waals surface area contributed by atoms with Gasteiger partial charge in [0.1, 0.15) is 0 Å². The molecule has 2 heterocycles. The van der Waals surface area contributed by atoms with Gasteiger partial charge in [0.15, 0.2) is 11.2 Å². The molecule has 0 aliphatic carbocycles. The van der Waals surface area contributed by atoms with E-state index in [2.05, 4.69) is 4.98 Å². The lowest BCUT2D eigenvalue weighted by molar-refractivity contribution is 0.0599. The second kappa shape index (κ2) is 9.69. The van der Waals surface area contributed by atoms with Crippen LogP contribution in [0.4, 0.5) is 0 Å². The smallest absolute Gasteiger partial charge is 0.338 e. The van der Waals surface area contributed by atoms with Crippen molar-refractivity contribution in [1.82, 2.24) is 18.7 Å². The summed E-state index contributed by atoms with van der Waals surface area (Å²) in [6.07, 6.45) is 2.15. The zero-order valence-corrected chi connectivity index (χ0v) is 20.0. The molecule has 0 aliphatic rings. The number of esters is 1. The average molecular weight is 481 g/mol. The van der Waals surface area contributed by atoms with Crippen LogP contribution in [0.1, 0.15) is 36.2 Å². The summed E-state index contributed by atoms with van der Waals surface area (Å²) in [4.78, 5) is 43.7. The minimum absolute atomic E-state index is 0.196. The van der Waals surface area contributed by atoms with Gasteiger partial charge < -0.3 is 9.30 Å². The largest absolute Gasteiger partial charge is 0.465 e. The summed E-state index contributed by atoms with van der Waals surface area (Å²) in [6, 6.07) is 13.9. The van der Waals surface area contributed by atoms with Crippen LogP contribution in [0.25, 0.3) is 16.9 Å². The molecule has 0 bridgehead atoms. The van der Waals surface area contributed by atoms with Gasteiger partial charge in [-0.2, -0.15) is 0 Å². The number of halogens is 1. The molecule has 0 saturated carbocycles. The fraction of sp³-hybridized carbons (Fsp3) is 0.280. The van der Waals surface area contributed by atoms with Gasteiger partial charge >= 0.3 is 11.7 Å². The molecule has 0 N–H and O–H groups in total. The molecule has 0 amide bonds. The Morgan fingerprint density at radius 3 is 2.50 bits per heavy atom. The van der Waals surface area contributed by atoms with Gasteiger partial charge in [-0.1, -0.05) is 55.8 Å². The topological polar surface area (TPSA) is 88.1 Å². The van der Waals surface area contributed by atoms with Crippen molar-refractivity contribution in [1.29, 1.82) is 0 Å². The zero-order chi connectivity index (χ0) is 24.4. The first-order valence-electron chi connectivity index (χ1n) is 10.9. The Morgan fingerprint density at radius 2 is 1.79 bits per heavy atom. The van der Waals surface area contributed by atoms with Gasteiger partial charge in [0.25, 0.3) is 5.56 Å². The Bertz CT molecular complexity index is 1480. The van der Waals surface area contributed by atoms with Crippen molar-refractivity contribution >= 4 is 28.7 Å². The van der Waals surface area contributed by atoms with Gasteiger partial charge in [0, 0.05) is 6.54 Å². The van der Waals surface area contributed by atoms with Gasteiger partial charge in [-0.3, -0.25) is 9.36 Å². The number of imidazole rings is 1. The molecule has 0 atom stereocenters. The highest BCUT2D eigenvalue weighted by Gasteiger charge is 2.21. The van der Waals surface area contributed by atoms with E-state index in [0.717, 1.165) is 0 Å². The number of carbonyl (C=O) groups excluding carboxylic acids is 1. The predicted molar refractivity (Wildman–Crippen MR) is 131 cm³/mol. The van der Waals surface area contributed by atoms with E-state index in [1.807, 2.05) is 19.9 Å². The summed E-state index contributed by atoms with van der Waals surface area (Å²) in [5, 5.41) is 0.366. The van der Waals surface area contributed by atoms with Crippen molar-refractivity contribution in [3.05, 3.63) is 91.8 Å². The average Bonchev–Trinajstić information content (AvgIpc) is 3.23. The molecular formula is C25H25ClN4O4. The molecule has 4 rings (SSSR count). The van der Waals surface area contributed by atoms with Crippen LogP contribution in [0.5, 0.6) is 0 Å². The first kappa shape index (κ1) is 23.5. The van der Waals surface area contributed by atoms with Crippen LogP contribution in [0.3, 0.4) is 0 Å². The van der Waals surface area contributed by atoms with Crippen molar-refractivity contribution in [2.24, 2.45) is 5.92 Å². The van der Waals surface area contributed by atoms with Gasteiger partial charge in [-0.25, -0.2) is 19.1 Å². The number of fused-ring (bicyclic) bond motifs is 1.